The van der Waals surface area contributed by atoms with Gasteiger partial charge in [0.25, 0.3) is 0 Å². The number of alkyl carbamates (subject to hydrolysis) is 1. The molecule has 0 spiro atoms. The lowest BCUT2D eigenvalue weighted by Gasteiger charge is -2.18. The van der Waals surface area contributed by atoms with Crippen LogP contribution in [-0.2, 0) is 34.9 Å². The number of ketones is 1. The number of amides is 1. The van der Waals surface area contributed by atoms with Crippen molar-refractivity contribution in [3.63, 3.8) is 0 Å². The third-order valence-electron chi connectivity index (χ3n) is 4.44. The number of nitrogens with one attached hydrogen (secondary N) is 1. The number of hydrogen-bond acceptors (Lipinski definition) is 8. The zero-order chi connectivity index (χ0) is 25.3. The summed E-state index contributed by atoms with van der Waals surface area (Å²) in [5.41, 5.74) is -0.802. The number of aryl methyl sites for hydroxylation is 1. The van der Waals surface area contributed by atoms with Crippen LogP contribution in [0.15, 0.2) is 6.07 Å². The molecule has 34 heavy (non-hydrogen) atoms. The van der Waals surface area contributed by atoms with Gasteiger partial charge in [0.1, 0.15) is 18.5 Å². The van der Waals surface area contributed by atoms with Gasteiger partial charge in [0, 0.05) is 37.7 Å². The fourth-order valence-corrected chi connectivity index (χ4v) is 3.56. The highest BCUT2D eigenvalue weighted by molar-refractivity contribution is 7.99. The molecule has 0 saturated carbocycles. The normalized spacial score (nSPS) is 11.9. The lowest BCUT2D eigenvalue weighted by Crippen LogP contribution is -2.44. The van der Waals surface area contributed by atoms with Gasteiger partial charge in [-0.25, -0.2) is 18.0 Å². The molecule has 0 bridgehead atoms. The number of halogens is 3. The summed E-state index contributed by atoms with van der Waals surface area (Å²) >= 11 is 1.30. The summed E-state index contributed by atoms with van der Waals surface area (Å²) < 4.78 is 67.4. The van der Waals surface area contributed by atoms with Crippen molar-refractivity contribution in [1.82, 2.24) is 5.32 Å². The van der Waals surface area contributed by atoms with E-state index in [0.717, 1.165) is 6.07 Å². The second kappa shape index (κ2) is 17.6. The van der Waals surface area contributed by atoms with Crippen LogP contribution < -0.4 is 5.32 Å². The fourth-order valence-electron chi connectivity index (χ4n) is 2.65. The number of benzene rings is 1. The first kappa shape index (κ1) is 30.2. The van der Waals surface area contributed by atoms with E-state index < -0.39 is 47.4 Å². The third-order valence-corrected chi connectivity index (χ3v) is 5.47. The Bertz CT molecular complexity index is 744. The third kappa shape index (κ3) is 11.5. The van der Waals surface area contributed by atoms with Gasteiger partial charge in [-0.2, -0.15) is 11.8 Å². The maximum Gasteiger partial charge on any atom is 0.407 e. The molecule has 0 aliphatic rings. The number of carbonyl (C=O) groups is 2. The fraction of sp³-hybridized carbons (Fsp3) is 0.636. The molecule has 1 aromatic rings. The molecule has 12 heteroatoms. The average molecular weight is 512 g/mol. The van der Waals surface area contributed by atoms with Crippen molar-refractivity contribution >= 4 is 23.6 Å². The Hall–Kier alpha value is -1.86. The molecule has 0 radical (unpaired) electrons. The van der Waals surface area contributed by atoms with Crippen molar-refractivity contribution < 1.29 is 46.4 Å². The van der Waals surface area contributed by atoms with Crippen LogP contribution in [0.1, 0.15) is 11.1 Å². The average Bonchev–Trinajstić information content (AvgIpc) is 2.81. The molecule has 0 aliphatic carbocycles. The van der Waals surface area contributed by atoms with Crippen molar-refractivity contribution in [1.29, 1.82) is 0 Å². The molecule has 0 aliphatic heterocycles. The summed E-state index contributed by atoms with van der Waals surface area (Å²) in [7, 11) is 3.08. The van der Waals surface area contributed by atoms with Gasteiger partial charge in [0.15, 0.2) is 17.4 Å². The molecule has 1 atom stereocenters. The molecular formula is C22H32F3NO7S. The summed E-state index contributed by atoms with van der Waals surface area (Å²) in [5, 5.41) is 2.41. The number of Topliss-reactive ketones (excluding diaryl/α,β-unsaturated/α-hetero) is 1. The standard InChI is InChI=1S/C22H32F3NO7S/c1-15-12-17(23)21(25)16(20(15)24)13-19(27)18(14-34-11-10-32-7-5-30-3)26-22(28)33-9-8-31-6-4-29-2/h12,18H,4-11,13-14H2,1-3H3,(H,26,28)/t18-/m0/s1. The first-order valence-electron chi connectivity index (χ1n) is 10.6. The summed E-state index contributed by atoms with van der Waals surface area (Å²) in [6.45, 7) is 3.28. The second-order valence-corrected chi connectivity index (χ2v) is 8.19. The van der Waals surface area contributed by atoms with Gasteiger partial charge in [-0.05, 0) is 18.6 Å². The highest BCUT2D eigenvalue weighted by atomic mass is 32.2. The van der Waals surface area contributed by atoms with Gasteiger partial charge < -0.3 is 29.0 Å². The summed E-state index contributed by atoms with van der Waals surface area (Å²) in [5.74, 6) is -3.76. The monoisotopic (exact) mass is 511 g/mol. The highest BCUT2D eigenvalue weighted by Gasteiger charge is 2.26. The Balaban J connectivity index is 2.71. The molecular weight excluding hydrogens is 479 g/mol. The maximum absolute atomic E-state index is 14.4. The van der Waals surface area contributed by atoms with Crippen molar-refractivity contribution in [3.8, 4) is 0 Å². The highest BCUT2D eigenvalue weighted by Crippen LogP contribution is 2.21. The zero-order valence-corrected chi connectivity index (χ0v) is 20.4. The molecule has 8 nitrogen and oxygen atoms in total. The molecule has 1 amide bonds. The number of ether oxygens (including phenoxy) is 5. The van der Waals surface area contributed by atoms with E-state index in [1.165, 1.54) is 25.8 Å². The van der Waals surface area contributed by atoms with Gasteiger partial charge in [-0.1, -0.05) is 0 Å². The Morgan fingerprint density at radius 1 is 0.941 bits per heavy atom. The van der Waals surface area contributed by atoms with Crippen LogP contribution in [0.3, 0.4) is 0 Å². The molecule has 1 N–H and O–H groups in total. The quantitative estimate of drug-likeness (QED) is 0.238. The van der Waals surface area contributed by atoms with Crippen LogP contribution in [0.5, 0.6) is 0 Å². The van der Waals surface area contributed by atoms with E-state index in [2.05, 4.69) is 5.32 Å². The summed E-state index contributed by atoms with van der Waals surface area (Å²) in [6.07, 6.45) is -1.62. The van der Waals surface area contributed by atoms with Crippen LogP contribution in [-0.4, -0.2) is 89.9 Å². The van der Waals surface area contributed by atoms with Gasteiger partial charge >= 0.3 is 6.09 Å². The largest absolute Gasteiger partial charge is 0.447 e. The number of thioether (sulfide) groups is 1. The lowest BCUT2D eigenvalue weighted by molar-refractivity contribution is -0.119. The number of hydrogen-bond donors (Lipinski definition) is 1. The van der Waals surface area contributed by atoms with Crippen molar-refractivity contribution in [3.05, 3.63) is 34.6 Å². The van der Waals surface area contributed by atoms with E-state index in [4.69, 9.17) is 23.7 Å². The van der Waals surface area contributed by atoms with E-state index in [1.54, 1.807) is 7.11 Å². The minimum atomic E-state index is -1.43. The SMILES string of the molecule is COCCOCCOC(=O)N[C@@H](CSCCOCCOC)C(=O)Cc1c(F)c(C)cc(F)c1F. The van der Waals surface area contributed by atoms with E-state index in [9.17, 15) is 22.8 Å². The first-order valence-corrected chi connectivity index (χ1v) is 11.8. The van der Waals surface area contributed by atoms with Crippen molar-refractivity contribution in [2.24, 2.45) is 0 Å². The van der Waals surface area contributed by atoms with Crippen LogP contribution >= 0.6 is 11.8 Å². The van der Waals surface area contributed by atoms with Crippen molar-refractivity contribution in [2.75, 3.05) is 72.0 Å². The topological polar surface area (TPSA) is 92.3 Å². The molecule has 0 heterocycles. The van der Waals surface area contributed by atoms with Gasteiger partial charge in [0.05, 0.1) is 39.6 Å². The molecule has 1 rings (SSSR count). The smallest absolute Gasteiger partial charge is 0.407 e. The zero-order valence-electron chi connectivity index (χ0n) is 19.6. The Labute approximate surface area is 201 Å². The summed E-state index contributed by atoms with van der Waals surface area (Å²) in [4.78, 5) is 24.9. The summed E-state index contributed by atoms with van der Waals surface area (Å²) in [6, 6.07) is -0.395. The molecule has 0 aromatic heterocycles. The van der Waals surface area contributed by atoms with E-state index in [1.807, 2.05) is 0 Å². The van der Waals surface area contributed by atoms with Crippen LogP contribution in [0.25, 0.3) is 0 Å². The molecule has 0 saturated heterocycles. The van der Waals surface area contributed by atoms with Gasteiger partial charge in [0.2, 0.25) is 0 Å². The molecule has 1 aromatic carbocycles. The van der Waals surface area contributed by atoms with Crippen LogP contribution in [0.4, 0.5) is 18.0 Å². The van der Waals surface area contributed by atoms with E-state index in [-0.39, 0.29) is 24.5 Å². The first-order chi connectivity index (χ1) is 16.3. The van der Waals surface area contributed by atoms with E-state index in [0.29, 0.717) is 38.8 Å². The Morgan fingerprint density at radius 3 is 2.21 bits per heavy atom. The predicted octanol–water partition coefficient (Wildman–Crippen LogP) is 2.68. The molecule has 0 fully saturated rings. The molecule has 0 unspecified atom stereocenters. The Kier molecular flexibility index (Phi) is 15.6. The van der Waals surface area contributed by atoms with Gasteiger partial charge in [-0.15, -0.1) is 0 Å². The Morgan fingerprint density at radius 2 is 1.56 bits per heavy atom. The number of rotatable bonds is 18. The van der Waals surface area contributed by atoms with Crippen molar-refractivity contribution in [2.45, 2.75) is 19.4 Å². The predicted molar refractivity (Wildman–Crippen MR) is 121 cm³/mol. The molecule has 194 valence electrons. The second-order valence-electron chi connectivity index (χ2n) is 7.04. The van der Waals surface area contributed by atoms with Crippen LogP contribution in [0, 0.1) is 24.4 Å². The minimum absolute atomic E-state index is 0.0662. The number of methoxy groups -OCH3 is 2. The van der Waals surface area contributed by atoms with Gasteiger partial charge in [-0.3, -0.25) is 4.79 Å². The minimum Gasteiger partial charge on any atom is -0.447 e. The van der Waals surface area contributed by atoms with E-state index >= 15 is 0 Å². The number of carbonyl (C=O) groups excluding carboxylic acids is 2. The maximum atomic E-state index is 14.4. The van der Waals surface area contributed by atoms with Crippen LogP contribution in [0.2, 0.25) is 0 Å². The lowest BCUT2D eigenvalue weighted by atomic mass is 10.0.